The molecule has 1 aromatic heterocycles. The molecule has 28 heavy (non-hydrogen) atoms. The molecule has 0 spiro atoms. The standard InChI is InChI=1S/C19H18FN5O2S/c20-15-7-3-2-6-14(15)18-23-24-19(25(18)21)28-11-17(26)22-10-13-9-12-5-1-4-8-16(12)27-13/h1-8,13H,9-11,21H2,(H,22,26). The van der Waals surface area contributed by atoms with Gasteiger partial charge in [-0.05, 0) is 23.8 Å². The van der Waals surface area contributed by atoms with Gasteiger partial charge in [-0.3, -0.25) is 4.79 Å². The Labute approximate surface area is 165 Å². The Bertz CT molecular complexity index is 984. The lowest BCUT2D eigenvalue weighted by Gasteiger charge is -2.11. The van der Waals surface area contributed by atoms with Crippen molar-refractivity contribution in [1.29, 1.82) is 0 Å². The van der Waals surface area contributed by atoms with Gasteiger partial charge in [-0.25, -0.2) is 9.07 Å². The summed E-state index contributed by atoms with van der Waals surface area (Å²) in [5.74, 6) is 6.55. The van der Waals surface area contributed by atoms with E-state index in [1.54, 1.807) is 18.2 Å². The van der Waals surface area contributed by atoms with Crippen LogP contribution in [0.2, 0.25) is 0 Å². The van der Waals surface area contributed by atoms with Crippen molar-refractivity contribution in [2.45, 2.75) is 17.7 Å². The van der Waals surface area contributed by atoms with Crippen LogP contribution >= 0.6 is 11.8 Å². The predicted molar refractivity (Wildman–Crippen MR) is 104 cm³/mol. The largest absolute Gasteiger partial charge is 0.488 e. The number of halogens is 1. The first kappa shape index (κ1) is 18.3. The number of nitrogens with one attached hydrogen (secondary N) is 1. The molecule has 0 fully saturated rings. The number of aromatic nitrogens is 3. The number of carbonyl (C=O) groups excluding carboxylic acids is 1. The number of benzene rings is 2. The number of ether oxygens (including phenoxy) is 1. The highest BCUT2D eigenvalue weighted by Crippen LogP contribution is 2.28. The summed E-state index contributed by atoms with van der Waals surface area (Å²) in [4.78, 5) is 12.1. The van der Waals surface area contributed by atoms with Crippen LogP contribution in [-0.4, -0.2) is 39.2 Å². The molecule has 0 saturated heterocycles. The highest BCUT2D eigenvalue weighted by molar-refractivity contribution is 7.99. The molecule has 3 aromatic rings. The number of hydrogen-bond acceptors (Lipinski definition) is 6. The first-order valence-electron chi connectivity index (χ1n) is 8.71. The quantitative estimate of drug-likeness (QED) is 0.486. The molecule has 144 valence electrons. The molecule has 1 aliphatic rings. The zero-order valence-corrected chi connectivity index (χ0v) is 15.7. The molecule has 9 heteroatoms. The normalized spacial score (nSPS) is 15.1. The van der Waals surface area contributed by atoms with Gasteiger partial charge in [-0.2, -0.15) is 0 Å². The van der Waals surface area contributed by atoms with Crippen molar-refractivity contribution in [3.05, 3.63) is 59.9 Å². The second-order valence-corrected chi connectivity index (χ2v) is 7.24. The Morgan fingerprint density at radius 2 is 2.04 bits per heavy atom. The molecule has 2 heterocycles. The van der Waals surface area contributed by atoms with E-state index in [0.29, 0.717) is 11.7 Å². The third-order valence-corrected chi connectivity index (χ3v) is 5.30. The van der Waals surface area contributed by atoms with E-state index in [-0.39, 0.29) is 29.2 Å². The van der Waals surface area contributed by atoms with Gasteiger partial charge in [0.05, 0.1) is 17.9 Å². The lowest BCUT2D eigenvalue weighted by Crippen LogP contribution is -2.35. The van der Waals surface area contributed by atoms with Crippen molar-refractivity contribution in [2.24, 2.45) is 0 Å². The molecule has 1 aliphatic heterocycles. The molecule has 1 atom stereocenters. The maximum absolute atomic E-state index is 13.9. The minimum absolute atomic E-state index is 0.0721. The van der Waals surface area contributed by atoms with E-state index in [1.165, 1.54) is 10.7 Å². The summed E-state index contributed by atoms with van der Waals surface area (Å²) in [5, 5.41) is 11.1. The maximum atomic E-state index is 13.9. The smallest absolute Gasteiger partial charge is 0.230 e. The monoisotopic (exact) mass is 399 g/mol. The highest BCUT2D eigenvalue weighted by Gasteiger charge is 2.23. The van der Waals surface area contributed by atoms with Crippen LogP contribution in [0.1, 0.15) is 5.56 Å². The Hall–Kier alpha value is -3.07. The topological polar surface area (TPSA) is 95.1 Å². The maximum Gasteiger partial charge on any atom is 0.230 e. The predicted octanol–water partition coefficient (Wildman–Crippen LogP) is 2.01. The molecular formula is C19H18FN5O2S. The van der Waals surface area contributed by atoms with E-state index in [2.05, 4.69) is 15.5 Å². The van der Waals surface area contributed by atoms with Crippen LogP contribution in [0.25, 0.3) is 11.4 Å². The number of nitrogens with zero attached hydrogens (tertiary/aromatic N) is 3. The minimum Gasteiger partial charge on any atom is -0.488 e. The summed E-state index contributed by atoms with van der Waals surface area (Å²) in [7, 11) is 0. The number of thioether (sulfide) groups is 1. The minimum atomic E-state index is -0.437. The van der Waals surface area contributed by atoms with Gasteiger partial charge in [0.2, 0.25) is 11.1 Å². The first-order valence-corrected chi connectivity index (χ1v) is 9.70. The van der Waals surface area contributed by atoms with E-state index >= 15 is 0 Å². The van der Waals surface area contributed by atoms with E-state index in [9.17, 15) is 9.18 Å². The lowest BCUT2D eigenvalue weighted by atomic mass is 10.1. The van der Waals surface area contributed by atoms with Gasteiger partial charge in [0.25, 0.3) is 0 Å². The summed E-state index contributed by atoms with van der Waals surface area (Å²) < 4.78 is 20.9. The summed E-state index contributed by atoms with van der Waals surface area (Å²) in [5.41, 5.74) is 1.40. The highest BCUT2D eigenvalue weighted by atomic mass is 32.2. The number of fused-ring (bicyclic) bond motifs is 1. The third kappa shape index (κ3) is 3.79. The third-order valence-electron chi connectivity index (χ3n) is 4.35. The Balaban J connectivity index is 1.29. The Morgan fingerprint density at radius 3 is 2.86 bits per heavy atom. The number of amides is 1. The molecular weight excluding hydrogens is 381 g/mol. The summed E-state index contributed by atoms with van der Waals surface area (Å²) >= 11 is 1.14. The van der Waals surface area contributed by atoms with Gasteiger partial charge < -0.3 is 15.9 Å². The number of rotatable bonds is 6. The first-order chi connectivity index (χ1) is 13.6. The fraction of sp³-hybridized carbons (Fsp3) is 0.211. The van der Waals surface area contributed by atoms with Crippen LogP contribution < -0.4 is 15.9 Å². The molecule has 0 aliphatic carbocycles. The molecule has 0 bridgehead atoms. The van der Waals surface area contributed by atoms with Crippen molar-refractivity contribution in [2.75, 3.05) is 18.1 Å². The van der Waals surface area contributed by atoms with Crippen molar-refractivity contribution in [3.8, 4) is 17.1 Å². The molecule has 2 aromatic carbocycles. The van der Waals surface area contributed by atoms with E-state index < -0.39 is 5.82 Å². The van der Waals surface area contributed by atoms with Crippen LogP contribution in [-0.2, 0) is 11.2 Å². The number of para-hydroxylation sites is 1. The molecule has 0 saturated carbocycles. The number of nitrogens with two attached hydrogens (primary N) is 1. The van der Waals surface area contributed by atoms with Gasteiger partial charge in [-0.1, -0.05) is 42.1 Å². The summed E-state index contributed by atoms with van der Waals surface area (Å²) in [6.07, 6.45) is 0.698. The summed E-state index contributed by atoms with van der Waals surface area (Å²) in [6.45, 7) is 0.421. The second-order valence-electron chi connectivity index (χ2n) is 6.30. The van der Waals surface area contributed by atoms with E-state index in [0.717, 1.165) is 29.5 Å². The zero-order valence-electron chi connectivity index (χ0n) is 14.8. The van der Waals surface area contributed by atoms with Crippen LogP contribution in [0.4, 0.5) is 4.39 Å². The second kappa shape index (κ2) is 7.89. The fourth-order valence-electron chi connectivity index (χ4n) is 2.98. The number of hydrogen-bond donors (Lipinski definition) is 2. The molecule has 1 amide bonds. The van der Waals surface area contributed by atoms with Gasteiger partial charge in [0.15, 0.2) is 5.82 Å². The molecule has 3 N–H and O–H groups in total. The van der Waals surface area contributed by atoms with Gasteiger partial charge in [0.1, 0.15) is 17.7 Å². The average molecular weight is 399 g/mol. The molecule has 7 nitrogen and oxygen atoms in total. The van der Waals surface area contributed by atoms with Crippen LogP contribution in [0, 0.1) is 5.82 Å². The van der Waals surface area contributed by atoms with Crippen LogP contribution in [0.3, 0.4) is 0 Å². The Kier molecular flexibility index (Phi) is 5.16. The van der Waals surface area contributed by atoms with E-state index in [1.807, 2.05) is 24.3 Å². The van der Waals surface area contributed by atoms with Gasteiger partial charge in [0, 0.05) is 6.42 Å². The summed E-state index contributed by atoms with van der Waals surface area (Å²) in [6, 6.07) is 14.0. The van der Waals surface area contributed by atoms with Gasteiger partial charge in [-0.15, -0.1) is 10.2 Å². The lowest BCUT2D eigenvalue weighted by molar-refractivity contribution is -0.118. The number of nitrogen functional groups attached to an aromatic ring is 1. The van der Waals surface area contributed by atoms with Crippen molar-refractivity contribution < 1.29 is 13.9 Å². The zero-order chi connectivity index (χ0) is 19.5. The van der Waals surface area contributed by atoms with Crippen LogP contribution in [0.5, 0.6) is 5.75 Å². The number of carbonyl (C=O) groups is 1. The fourth-order valence-corrected chi connectivity index (χ4v) is 3.66. The average Bonchev–Trinajstić information content (AvgIpc) is 3.28. The van der Waals surface area contributed by atoms with Crippen molar-refractivity contribution in [3.63, 3.8) is 0 Å². The SMILES string of the molecule is Nn1c(SCC(=O)NCC2Cc3ccccc3O2)nnc1-c1ccccc1F. The molecule has 0 radical (unpaired) electrons. The molecule has 4 rings (SSSR count). The molecule has 1 unspecified atom stereocenters. The van der Waals surface area contributed by atoms with Crippen molar-refractivity contribution >= 4 is 17.7 Å². The van der Waals surface area contributed by atoms with E-state index in [4.69, 9.17) is 10.6 Å². The van der Waals surface area contributed by atoms with Crippen molar-refractivity contribution in [1.82, 2.24) is 20.2 Å². The Morgan fingerprint density at radius 1 is 1.25 bits per heavy atom. The van der Waals surface area contributed by atoms with Gasteiger partial charge >= 0.3 is 0 Å². The van der Waals surface area contributed by atoms with Crippen LogP contribution in [0.15, 0.2) is 53.7 Å².